The molecule has 19 heavy (non-hydrogen) atoms. The Morgan fingerprint density at radius 3 is 2.84 bits per heavy atom. The van der Waals surface area contributed by atoms with Gasteiger partial charge in [-0.2, -0.15) is 4.98 Å². The van der Waals surface area contributed by atoms with Crippen LogP contribution >= 0.6 is 11.6 Å². The van der Waals surface area contributed by atoms with Crippen molar-refractivity contribution in [3.05, 3.63) is 45.2 Å². The van der Waals surface area contributed by atoms with E-state index in [4.69, 9.17) is 16.0 Å². The molecule has 0 fully saturated rings. The van der Waals surface area contributed by atoms with Gasteiger partial charge in [0.25, 0.3) is 0 Å². The van der Waals surface area contributed by atoms with Crippen LogP contribution in [0.2, 0.25) is 5.28 Å². The van der Waals surface area contributed by atoms with Crippen LogP contribution in [0.5, 0.6) is 0 Å². The van der Waals surface area contributed by atoms with E-state index in [0.717, 1.165) is 5.56 Å². The highest BCUT2D eigenvalue weighted by Crippen LogP contribution is 2.29. The first kappa shape index (κ1) is 13.3. The van der Waals surface area contributed by atoms with Crippen LogP contribution in [0.3, 0.4) is 0 Å². The number of nitrogens with zero attached hydrogens (tertiary/aromatic N) is 4. The van der Waals surface area contributed by atoms with Crippen molar-refractivity contribution in [2.75, 3.05) is 11.9 Å². The Bertz CT molecular complexity index is 600. The first-order chi connectivity index (χ1) is 8.99. The smallest absolute Gasteiger partial charge is 0.332 e. The third kappa shape index (κ3) is 2.82. The molecule has 0 amide bonds. The summed E-state index contributed by atoms with van der Waals surface area (Å²) in [7, 11) is 1.69. The fourth-order valence-corrected chi connectivity index (χ4v) is 1.94. The molecule has 0 aromatic carbocycles. The van der Waals surface area contributed by atoms with E-state index >= 15 is 0 Å². The van der Waals surface area contributed by atoms with Gasteiger partial charge in [-0.15, -0.1) is 0 Å². The highest BCUT2D eigenvalue weighted by Gasteiger charge is 2.24. The van der Waals surface area contributed by atoms with E-state index in [1.54, 1.807) is 24.3 Å². The molecule has 2 aromatic rings. The zero-order valence-corrected chi connectivity index (χ0v) is 11.1. The lowest BCUT2D eigenvalue weighted by Crippen LogP contribution is -2.19. The van der Waals surface area contributed by atoms with E-state index in [9.17, 15) is 10.1 Å². The van der Waals surface area contributed by atoms with Gasteiger partial charge >= 0.3 is 5.69 Å². The van der Waals surface area contributed by atoms with E-state index in [0.29, 0.717) is 6.54 Å². The van der Waals surface area contributed by atoms with Crippen LogP contribution in [0, 0.1) is 17.0 Å². The summed E-state index contributed by atoms with van der Waals surface area (Å²) in [4.78, 5) is 20.0. The van der Waals surface area contributed by atoms with Crippen LogP contribution in [0.1, 0.15) is 11.3 Å². The summed E-state index contributed by atoms with van der Waals surface area (Å²) in [6.45, 7) is 1.95. The molecular formula is C11H11ClN4O3. The molecule has 0 aliphatic carbocycles. The molecule has 0 atom stereocenters. The lowest BCUT2D eigenvalue weighted by molar-refractivity contribution is -0.385. The predicted molar refractivity (Wildman–Crippen MR) is 69.2 cm³/mol. The Morgan fingerprint density at radius 2 is 2.26 bits per heavy atom. The van der Waals surface area contributed by atoms with Crippen LogP contribution in [-0.2, 0) is 6.54 Å². The topological polar surface area (TPSA) is 85.3 Å². The Hall–Kier alpha value is -2.15. The number of furan rings is 1. The molecule has 0 saturated heterocycles. The number of hydrogen-bond donors (Lipinski definition) is 0. The maximum absolute atomic E-state index is 11.1. The summed E-state index contributed by atoms with van der Waals surface area (Å²) in [6.07, 6.45) is 3.10. The van der Waals surface area contributed by atoms with Crippen molar-refractivity contribution in [2.24, 2.45) is 0 Å². The molecule has 7 nitrogen and oxygen atoms in total. The first-order valence-corrected chi connectivity index (χ1v) is 5.77. The number of anilines is 1. The summed E-state index contributed by atoms with van der Waals surface area (Å²) in [5.41, 5.74) is 0.971. The highest BCUT2D eigenvalue weighted by atomic mass is 35.5. The monoisotopic (exact) mass is 282 g/mol. The standard InChI is InChI=1S/C11H11ClN4O3/c1-7-9(16(17)18)10(14-11(12)13-7)15(2)5-8-3-4-19-6-8/h3-4,6H,5H2,1-2H3. The van der Waals surface area contributed by atoms with Crippen LogP contribution < -0.4 is 4.90 Å². The Morgan fingerprint density at radius 1 is 1.53 bits per heavy atom. The van der Waals surface area contributed by atoms with Crippen molar-refractivity contribution in [2.45, 2.75) is 13.5 Å². The van der Waals surface area contributed by atoms with Gasteiger partial charge < -0.3 is 9.32 Å². The number of rotatable bonds is 4. The number of nitro groups is 1. The van der Waals surface area contributed by atoms with Crippen molar-refractivity contribution < 1.29 is 9.34 Å². The lowest BCUT2D eigenvalue weighted by atomic mass is 10.3. The fraction of sp³-hybridized carbons (Fsp3) is 0.273. The van der Waals surface area contributed by atoms with Gasteiger partial charge in [-0.05, 0) is 24.6 Å². The second-order valence-corrected chi connectivity index (χ2v) is 4.33. The second-order valence-electron chi connectivity index (χ2n) is 4.00. The average Bonchev–Trinajstić information content (AvgIpc) is 2.79. The van der Waals surface area contributed by atoms with Crippen molar-refractivity contribution in [1.82, 2.24) is 9.97 Å². The van der Waals surface area contributed by atoms with Gasteiger partial charge in [0.05, 0.1) is 17.4 Å². The van der Waals surface area contributed by atoms with Gasteiger partial charge in [0.2, 0.25) is 11.1 Å². The zero-order valence-electron chi connectivity index (χ0n) is 10.3. The molecule has 0 N–H and O–H groups in total. The molecule has 0 unspecified atom stereocenters. The van der Waals surface area contributed by atoms with Crippen molar-refractivity contribution in [3.8, 4) is 0 Å². The van der Waals surface area contributed by atoms with E-state index in [-0.39, 0.29) is 22.5 Å². The minimum atomic E-state index is -0.507. The number of aromatic nitrogens is 2. The Labute approximate surface area is 114 Å². The molecule has 0 saturated carbocycles. The molecule has 0 spiro atoms. The third-order valence-electron chi connectivity index (χ3n) is 2.56. The molecular weight excluding hydrogens is 272 g/mol. The second kappa shape index (κ2) is 5.23. The zero-order chi connectivity index (χ0) is 14.0. The predicted octanol–water partition coefficient (Wildman–Crippen LogP) is 2.58. The number of hydrogen-bond acceptors (Lipinski definition) is 6. The van der Waals surface area contributed by atoms with Gasteiger partial charge in [0.1, 0.15) is 5.69 Å². The quantitative estimate of drug-likeness (QED) is 0.487. The molecule has 0 aliphatic rings. The van der Waals surface area contributed by atoms with Crippen molar-refractivity contribution >= 4 is 23.1 Å². The van der Waals surface area contributed by atoms with Gasteiger partial charge in [-0.25, -0.2) is 4.98 Å². The third-order valence-corrected chi connectivity index (χ3v) is 2.73. The molecule has 0 bridgehead atoms. The summed E-state index contributed by atoms with van der Waals surface area (Å²) >= 11 is 5.76. The molecule has 8 heteroatoms. The van der Waals surface area contributed by atoms with Crippen molar-refractivity contribution in [1.29, 1.82) is 0 Å². The summed E-state index contributed by atoms with van der Waals surface area (Å²) in [6, 6.07) is 1.78. The lowest BCUT2D eigenvalue weighted by Gasteiger charge is -2.17. The average molecular weight is 283 g/mol. The maximum Gasteiger partial charge on any atom is 0.332 e. The van der Waals surface area contributed by atoms with Crippen LogP contribution in [0.4, 0.5) is 11.5 Å². The van der Waals surface area contributed by atoms with E-state index in [1.807, 2.05) is 0 Å². The highest BCUT2D eigenvalue weighted by molar-refractivity contribution is 6.28. The van der Waals surface area contributed by atoms with Crippen LogP contribution in [-0.4, -0.2) is 21.9 Å². The largest absolute Gasteiger partial charge is 0.472 e. The van der Waals surface area contributed by atoms with E-state index in [2.05, 4.69) is 9.97 Å². The SMILES string of the molecule is Cc1nc(Cl)nc(N(C)Cc2ccoc2)c1[N+](=O)[O-]. The molecule has 2 rings (SSSR count). The van der Waals surface area contributed by atoms with Gasteiger partial charge in [-0.3, -0.25) is 10.1 Å². The van der Waals surface area contributed by atoms with Crippen molar-refractivity contribution in [3.63, 3.8) is 0 Å². The Balaban J connectivity index is 2.40. The van der Waals surface area contributed by atoms with Crippen LogP contribution in [0.15, 0.2) is 23.0 Å². The number of halogens is 1. The Kier molecular flexibility index (Phi) is 3.66. The van der Waals surface area contributed by atoms with Gasteiger partial charge in [0.15, 0.2) is 0 Å². The molecule has 2 heterocycles. The first-order valence-electron chi connectivity index (χ1n) is 5.39. The van der Waals surface area contributed by atoms with E-state index < -0.39 is 4.92 Å². The minimum absolute atomic E-state index is 0.0165. The van der Waals surface area contributed by atoms with Gasteiger partial charge in [0, 0.05) is 19.2 Å². The molecule has 100 valence electrons. The van der Waals surface area contributed by atoms with Gasteiger partial charge in [-0.1, -0.05) is 0 Å². The normalized spacial score (nSPS) is 10.5. The van der Waals surface area contributed by atoms with Crippen LogP contribution in [0.25, 0.3) is 0 Å². The maximum atomic E-state index is 11.1. The molecule has 0 aliphatic heterocycles. The fourth-order valence-electron chi connectivity index (χ4n) is 1.73. The van der Waals surface area contributed by atoms with E-state index in [1.165, 1.54) is 13.2 Å². The summed E-state index contributed by atoms with van der Waals surface area (Å²) in [5, 5.41) is 11.1. The summed E-state index contributed by atoms with van der Waals surface area (Å²) < 4.78 is 4.96. The molecule has 0 radical (unpaired) electrons. The molecule has 2 aromatic heterocycles. The number of aryl methyl sites for hydroxylation is 1. The summed E-state index contributed by atoms with van der Waals surface area (Å²) in [5.74, 6) is 0.184. The minimum Gasteiger partial charge on any atom is -0.472 e.